The number of fused-ring (bicyclic) bond motifs is 16. The Bertz CT molecular complexity index is 7290. The molecule has 7 heteroatoms. The molecule has 1 spiro atoms. The van der Waals surface area contributed by atoms with Crippen LogP contribution < -0.4 is 0 Å². The van der Waals surface area contributed by atoms with Crippen LogP contribution in [0.1, 0.15) is 22.3 Å². The molecule has 4 heterocycles. The van der Waals surface area contributed by atoms with Gasteiger partial charge in [-0.2, -0.15) is 0 Å². The summed E-state index contributed by atoms with van der Waals surface area (Å²) in [5.74, 6) is 2.52. The van der Waals surface area contributed by atoms with Gasteiger partial charge in [-0.15, -0.1) is 0 Å². The zero-order chi connectivity index (χ0) is 81.3. The molecular formula is C116H75N7. The van der Waals surface area contributed by atoms with Crippen LogP contribution in [0.2, 0.25) is 0 Å². The Labute approximate surface area is 712 Å². The Morgan fingerprint density at radius 2 is 0.439 bits per heavy atom. The first-order chi connectivity index (χ1) is 60.9. The second-order valence-corrected chi connectivity index (χ2v) is 31.8. The Hall–Kier alpha value is -16.4. The molecule has 2 aliphatic rings. The van der Waals surface area contributed by atoms with E-state index in [4.69, 9.17) is 24.9 Å². The lowest BCUT2D eigenvalue weighted by Crippen LogP contribution is -2.25. The van der Waals surface area contributed by atoms with Crippen molar-refractivity contribution in [2.24, 2.45) is 0 Å². The van der Waals surface area contributed by atoms with Crippen LogP contribution in [0.3, 0.4) is 0 Å². The van der Waals surface area contributed by atoms with Gasteiger partial charge in [0, 0.05) is 66.3 Å². The molecule has 18 aromatic carbocycles. The minimum Gasteiger partial charge on any atom is -0.309 e. The van der Waals surface area contributed by atoms with Gasteiger partial charge in [-0.1, -0.05) is 358 Å². The summed E-state index contributed by atoms with van der Waals surface area (Å²) in [6.45, 7) is 0. The van der Waals surface area contributed by atoms with Crippen LogP contribution in [0.4, 0.5) is 0 Å². The van der Waals surface area contributed by atoms with Crippen LogP contribution in [0, 0.1) is 0 Å². The van der Waals surface area contributed by atoms with Crippen LogP contribution >= 0.6 is 0 Å². The number of hydrogen-bond acceptors (Lipinski definition) is 5. The number of hydrogen-bond donors (Lipinski definition) is 0. The predicted molar refractivity (Wildman–Crippen MR) is 507 cm³/mol. The predicted octanol–water partition coefficient (Wildman–Crippen LogP) is 29.2. The smallest absolute Gasteiger partial charge is 0.164 e. The molecule has 7 nitrogen and oxygen atoms in total. The zero-order valence-corrected chi connectivity index (χ0v) is 66.9. The molecule has 0 atom stereocenters. The molecule has 2 aliphatic carbocycles. The third-order valence-electron chi connectivity index (χ3n) is 24.6. The highest BCUT2D eigenvalue weighted by molar-refractivity contribution is 6.11. The van der Waals surface area contributed by atoms with Gasteiger partial charge in [0.15, 0.2) is 23.3 Å². The van der Waals surface area contributed by atoms with Gasteiger partial charge in [-0.3, -0.25) is 0 Å². The van der Waals surface area contributed by atoms with Gasteiger partial charge in [0.1, 0.15) is 0 Å². The van der Waals surface area contributed by atoms with E-state index >= 15 is 0 Å². The highest BCUT2D eigenvalue weighted by Gasteiger charge is 2.51. The van der Waals surface area contributed by atoms with Gasteiger partial charge < -0.3 is 9.13 Å². The van der Waals surface area contributed by atoms with Crippen molar-refractivity contribution in [2.45, 2.75) is 5.41 Å². The first-order valence-electron chi connectivity index (χ1n) is 41.9. The van der Waals surface area contributed by atoms with Crippen LogP contribution in [0.25, 0.3) is 201 Å². The maximum Gasteiger partial charge on any atom is 0.164 e. The Kier molecular flexibility index (Phi) is 17.7. The second-order valence-electron chi connectivity index (χ2n) is 31.8. The van der Waals surface area contributed by atoms with E-state index in [2.05, 4.69) is 446 Å². The van der Waals surface area contributed by atoms with E-state index in [1.807, 2.05) is 18.2 Å². The number of nitrogens with zero attached hydrogens (tertiary/aromatic N) is 7. The van der Waals surface area contributed by atoms with Crippen LogP contribution in [0.15, 0.2) is 455 Å². The molecule has 0 saturated heterocycles. The van der Waals surface area contributed by atoms with Gasteiger partial charge in [0.25, 0.3) is 0 Å². The monoisotopic (exact) mass is 1570 g/mol. The lowest BCUT2D eigenvalue weighted by Gasteiger charge is -2.30. The molecule has 0 amide bonds. The van der Waals surface area contributed by atoms with Crippen molar-refractivity contribution in [3.63, 3.8) is 0 Å². The molecule has 123 heavy (non-hydrogen) atoms. The highest BCUT2D eigenvalue weighted by Crippen LogP contribution is 2.63. The first-order valence-corrected chi connectivity index (χ1v) is 41.9. The summed E-state index contributed by atoms with van der Waals surface area (Å²) < 4.78 is 4.80. The lowest BCUT2D eigenvalue weighted by molar-refractivity contribution is 0.794. The van der Waals surface area contributed by atoms with Crippen molar-refractivity contribution >= 4 is 43.6 Å². The average Bonchev–Trinajstić information content (AvgIpc) is 1.51. The molecule has 0 fully saturated rings. The number of aromatic nitrogens is 7. The van der Waals surface area contributed by atoms with Gasteiger partial charge in [-0.25, -0.2) is 24.9 Å². The molecule has 0 unspecified atom stereocenters. The fourth-order valence-electron chi connectivity index (χ4n) is 19.1. The summed E-state index contributed by atoms with van der Waals surface area (Å²) in [6.07, 6.45) is 0. The minimum atomic E-state index is -0.503. The maximum atomic E-state index is 5.49. The SMILES string of the molecule is c1ccc(-c2cc(-c3ccccc3)cc(-c3nc(-c4cc(-c5ccccc5)cc(-c5ccccc5)c4)nc(-c4ccc5c(c4)C4(c6ccccc6-c6ccccc64)c4ccccc4-5)n3)c2)cc1.c1ccc(-c2cccc(-c3cc(-c4cc(-n5c6ccccc6c6ccccc65)cc(-n5c6ccccc6c6ccccc65)c4)nc(-c4ccccc4)n3)c2)cc1. The van der Waals surface area contributed by atoms with Crippen molar-refractivity contribution in [1.29, 1.82) is 0 Å². The molecular weight excluding hydrogens is 1490 g/mol. The zero-order valence-electron chi connectivity index (χ0n) is 66.9. The van der Waals surface area contributed by atoms with E-state index in [-0.39, 0.29) is 0 Å². The van der Waals surface area contributed by atoms with E-state index in [0.29, 0.717) is 23.3 Å². The van der Waals surface area contributed by atoms with Crippen molar-refractivity contribution in [1.82, 2.24) is 34.1 Å². The standard InChI is InChI=1S/C64H41N3.C52H34N4/c1-5-19-42(20-6-1)47-35-48(43-21-7-2-8-22-43)38-51(37-47)62-65-61(66-63(67-62)52-39-49(44-23-9-3-10-24-44)36-50(40-52)45-25-11-4-12-26-45)46-33-34-56-55-29-15-18-32-59(55)64(60(56)41-46)57-30-16-13-27-53(57)54-28-14-17-31-58(54)64;1-3-16-35(17-4-1)37-20-15-21-38(30-37)46-34-47(54-52(53-46)36-18-5-2-6-19-36)39-31-40(55-48-26-11-7-22-42(48)43-23-8-12-27-49(43)55)33-41(32-39)56-50-28-13-9-24-44(50)45-25-10-14-29-51(45)56/h1-41H;1-34H. The second kappa shape index (κ2) is 30.2. The van der Waals surface area contributed by atoms with Crippen molar-refractivity contribution in [2.75, 3.05) is 0 Å². The topological polar surface area (TPSA) is 74.3 Å². The third kappa shape index (κ3) is 12.6. The summed E-state index contributed by atoms with van der Waals surface area (Å²) >= 11 is 0. The summed E-state index contributed by atoms with van der Waals surface area (Å²) in [7, 11) is 0. The molecule has 0 radical (unpaired) electrons. The average molecular weight is 1570 g/mol. The molecule has 4 aromatic heterocycles. The number of para-hydroxylation sites is 4. The van der Waals surface area contributed by atoms with Crippen molar-refractivity contribution < 1.29 is 0 Å². The molecule has 0 aliphatic heterocycles. The fraction of sp³-hybridized carbons (Fsp3) is 0.00862. The minimum absolute atomic E-state index is 0.503. The van der Waals surface area contributed by atoms with Gasteiger partial charge in [0.05, 0.1) is 38.9 Å². The van der Waals surface area contributed by atoms with Crippen molar-refractivity contribution in [3.8, 4) is 157 Å². The molecule has 22 aromatic rings. The summed E-state index contributed by atoms with van der Waals surface area (Å²) in [6, 6.07) is 163. The molecule has 0 saturated carbocycles. The number of benzene rings is 18. The van der Waals surface area contributed by atoms with Crippen LogP contribution in [-0.2, 0) is 5.41 Å². The molecule has 24 rings (SSSR count). The van der Waals surface area contributed by atoms with Crippen LogP contribution in [0.5, 0.6) is 0 Å². The molecule has 0 N–H and O–H groups in total. The third-order valence-corrected chi connectivity index (χ3v) is 24.6. The van der Waals surface area contributed by atoms with E-state index < -0.39 is 5.41 Å². The normalized spacial score (nSPS) is 12.1. The summed E-state index contributed by atoms with van der Waals surface area (Å²) in [5.41, 5.74) is 35.1. The van der Waals surface area contributed by atoms with Crippen molar-refractivity contribution in [3.05, 3.63) is 477 Å². The van der Waals surface area contributed by atoms with E-state index in [1.54, 1.807) is 0 Å². The molecule has 0 bridgehead atoms. The van der Waals surface area contributed by atoms with E-state index in [9.17, 15) is 0 Å². The Morgan fingerprint density at radius 3 is 0.837 bits per heavy atom. The first kappa shape index (κ1) is 71.9. The summed E-state index contributed by atoms with van der Waals surface area (Å²) in [4.78, 5) is 27.0. The van der Waals surface area contributed by atoms with Gasteiger partial charge in [0.2, 0.25) is 0 Å². The van der Waals surface area contributed by atoms with E-state index in [1.165, 1.54) is 71.6 Å². The quantitative estimate of drug-likeness (QED) is 0.115. The highest BCUT2D eigenvalue weighted by atomic mass is 15.0. The number of rotatable bonds is 13. The Morgan fingerprint density at radius 1 is 0.154 bits per heavy atom. The largest absolute Gasteiger partial charge is 0.309 e. The maximum absolute atomic E-state index is 5.49. The van der Waals surface area contributed by atoms with Crippen LogP contribution in [-0.4, -0.2) is 34.1 Å². The fourth-order valence-corrected chi connectivity index (χ4v) is 19.1. The van der Waals surface area contributed by atoms with E-state index in [0.717, 1.165) is 128 Å². The summed E-state index contributed by atoms with van der Waals surface area (Å²) in [5, 5.41) is 4.89. The van der Waals surface area contributed by atoms with Gasteiger partial charge >= 0.3 is 0 Å². The van der Waals surface area contributed by atoms with Gasteiger partial charge in [-0.05, 0) is 197 Å². The Balaban J connectivity index is 0.000000145. The lowest BCUT2D eigenvalue weighted by atomic mass is 9.70. The molecule has 574 valence electrons.